The minimum absolute atomic E-state index is 0.629. The van der Waals surface area contributed by atoms with Crippen molar-refractivity contribution in [3.05, 3.63) is 224 Å². The van der Waals surface area contributed by atoms with Crippen molar-refractivity contribution >= 4 is 76.2 Å². The molecule has 0 fully saturated rings. The molecule has 0 radical (unpaired) electrons. The monoisotopic (exact) mass is 839 g/mol. The number of benzene rings is 10. The average molecular weight is 840 g/mol. The van der Waals surface area contributed by atoms with Crippen molar-refractivity contribution in [2.45, 2.75) is 0 Å². The van der Waals surface area contributed by atoms with Crippen LogP contribution in [0.2, 0.25) is 0 Å². The highest BCUT2D eigenvalue weighted by Gasteiger charge is 2.22. The molecule has 10 aromatic carbocycles. The Hall–Kier alpha value is -8.93. The lowest BCUT2D eigenvalue weighted by Crippen LogP contribution is -2.00. The predicted molar refractivity (Wildman–Crippen MR) is 274 cm³/mol. The molecule has 0 aliphatic rings. The molecule has 0 saturated heterocycles. The third-order valence-corrected chi connectivity index (χ3v) is 13.5. The molecule has 306 valence electrons. The highest BCUT2D eigenvalue weighted by Crippen LogP contribution is 2.44. The fraction of sp³-hybridized carbons (Fsp3) is 0. The van der Waals surface area contributed by atoms with Crippen LogP contribution in [0, 0.1) is 0 Å². The smallest absolute Gasteiger partial charge is 0.164 e. The average Bonchev–Trinajstić information content (AvgIpc) is 3.92. The first-order valence-electron chi connectivity index (χ1n) is 22.4. The van der Waals surface area contributed by atoms with Crippen LogP contribution in [0.15, 0.2) is 224 Å². The second kappa shape index (κ2) is 14.3. The van der Waals surface area contributed by atoms with Crippen LogP contribution in [-0.2, 0) is 0 Å². The summed E-state index contributed by atoms with van der Waals surface area (Å²) in [6.07, 6.45) is 0. The van der Waals surface area contributed by atoms with Gasteiger partial charge in [-0.2, -0.15) is 0 Å². The Morgan fingerprint density at radius 3 is 1.30 bits per heavy atom. The van der Waals surface area contributed by atoms with E-state index in [-0.39, 0.29) is 0 Å². The maximum Gasteiger partial charge on any atom is 0.164 e. The summed E-state index contributed by atoms with van der Waals surface area (Å²) in [7, 11) is 0. The lowest BCUT2D eigenvalue weighted by molar-refractivity contribution is 1.07. The summed E-state index contributed by atoms with van der Waals surface area (Å²) in [4.78, 5) is 15.1. The first-order valence-corrected chi connectivity index (χ1v) is 22.4. The Balaban J connectivity index is 0.970. The van der Waals surface area contributed by atoms with Crippen molar-refractivity contribution in [2.24, 2.45) is 0 Å². The lowest BCUT2D eigenvalue weighted by atomic mass is 10.00. The van der Waals surface area contributed by atoms with Crippen LogP contribution in [0.5, 0.6) is 0 Å². The molecule has 5 nitrogen and oxygen atoms in total. The van der Waals surface area contributed by atoms with E-state index in [0.29, 0.717) is 17.5 Å². The highest BCUT2D eigenvalue weighted by atomic mass is 15.0. The van der Waals surface area contributed by atoms with E-state index in [1.54, 1.807) is 0 Å². The van der Waals surface area contributed by atoms with Gasteiger partial charge in [-0.1, -0.05) is 194 Å². The molecule has 0 N–H and O–H groups in total. The Labute approximate surface area is 379 Å². The first kappa shape index (κ1) is 36.5. The number of rotatable bonds is 5. The maximum absolute atomic E-state index is 5.09. The second-order valence-corrected chi connectivity index (χ2v) is 17.2. The van der Waals surface area contributed by atoms with Gasteiger partial charge in [-0.05, 0) is 63.4 Å². The van der Waals surface area contributed by atoms with Crippen molar-refractivity contribution < 1.29 is 0 Å². The van der Waals surface area contributed by atoms with Gasteiger partial charge >= 0.3 is 0 Å². The molecule has 0 amide bonds. The van der Waals surface area contributed by atoms with E-state index in [0.717, 1.165) is 38.9 Å². The quantitative estimate of drug-likeness (QED) is 0.173. The fourth-order valence-corrected chi connectivity index (χ4v) is 10.4. The van der Waals surface area contributed by atoms with Crippen molar-refractivity contribution in [1.29, 1.82) is 0 Å². The van der Waals surface area contributed by atoms with Gasteiger partial charge in [-0.15, -0.1) is 0 Å². The Kier molecular flexibility index (Phi) is 7.91. The summed E-state index contributed by atoms with van der Waals surface area (Å²) in [5.41, 5.74) is 14.5. The number of nitrogens with zero attached hydrogens (tertiary/aromatic N) is 5. The standard InChI is InChI=1S/C61H37N5/c1-3-13-38(14-4-1)39-23-27-43(28-24-39)60-62-59(42-16-5-2-6-17-42)63-61(64-60)44-29-25-40(26-30-44)45-32-35-54-51(37-45)48-20-10-12-22-53(48)65-52-21-11-9-19-47(52)49-33-34-50-56-46-18-8-7-15-41(46)31-36-55(56)66(54)58(50)57(49)65/h1-37H. The second-order valence-electron chi connectivity index (χ2n) is 17.2. The topological polar surface area (TPSA) is 47.5 Å². The van der Waals surface area contributed by atoms with Gasteiger partial charge in [0.25, 0.3) is 0 Å². The van der Waals surface area contributed by atoms with Gasteiger partial charge in [-0.3, -0.25) is 0 Å². The molecular weight excluding hydrogens is 803 g/mol. The number of hydrogen-bond donors (Lipinski definition) is 0. The Morgan fingerprint density at radius 2 is 0.652 bits per heavy atom. The van der Waals surface area contributed by atoms with Gasteiger partial charge in [0.05, 0.1) is 33.1 Å². The minimum Gasteiger partial charge on any atom is -0.307 e. The largest absolute Gasteiger partial charge is 0.307 e. The number of para-hydroxylation sites is 2. The molecule has 0 aliphatic heterocycles. The van der Waals surface area contributed by atoms with E-state index in [9.17, 15) is 0 Å². The Morgan fingerprint density at radius 1 is 0.242 bits per heavy atom. The molecule has 0 spiro atoms. The summed E-state index contributed by atoms with van der Waals surface area (Å²) in [6, 6.07) is 80.5. The summed E-state index contributed by atoms with van der Waals surface area (Å²) in [5.74, 6) is 1.91. The van der Waals surface area contributed by atoms with Crippen molar-refractivity contribution in [3.8, 4) is 56.4 Å². The molecular formula is C61H37N5. The van der Waals surface area contributed by atoms with Crippen molar-refractivity contribution in [2.75, 3.05) is 0 Å². The zero-order valence-corrected chi connectivity index (χ0v) is 35.6. The molecule has 0 atom stereocenters. The minimum atomic E-state index is 0.629. The first-order chi connectivity index (χ1) is 32.7. The third-order valence-electron chi connectivity index (χ3n) is 13.5. The van der Waals surface area contributed by atoms with Crippen LogP contribution in [0.1, 0.15) is 0 Å². The number of fused-ring (bicyclic) bond motifs is 13. The van der Waals surface area contributed by atoms with Crippen LogP contribution >= 0.6 is 0 Å². The van der Waals surface area contributed by atoms with Crippen LogP contribution in [0.4, 0.5) is 0 Å². The predicted octanol–water partition coefficient (Wildman–Crippen LogP) is 15.6. The zero-order chi connectivity index (χ0) is 43.3. The summed E-state index contributed by atoms with van der Waals surface area (Å²) >= 11 is 0. The molecule has 14 aromatic rings. The van der Waals surface area contributed by atoms with Gasteiger partial charge in [0.2, 0.25) is 0 Å². The van der Waals surface area contributed by atoms with Gasteiger partial charge in [0.15, 0.2) is 17.5 Å². The van der Waals surface area contributed by atoms with Crippen LogP contribution < -0.4 is 0 Å². The zero-order valence-electron chi connectivity index (χ0n) is 35.6. The molecule has 0 unspecified atom stereocenters. The van der Waals surface area contributed by atoms with E-state index < -0.39 is 0 Å². The van der Waals surface area contributed by atoms with Gasteiger partial charge in [-0.25, -0.2) is 15.0 Å². The molecule has 4 heterocycles. The van der Waals surface area contributed by atoms with E-state index in [2.05, 4.69) is 197 Å². The molecule has 4 aromatic heterocycles. The van der Waals surface area contributed by atoms with Crippen LogP contribution in [0.25, 0.3) is 133 Å². The van der Waals surface area contributed by atoms with E-state index in [1.165, 1.54) is 76.2 Å². The SMILES string of the molecule is c1ccc(-c2ccc(-c3nc(-c4ccccc4)nc(-c4ccc(-c5ccc6c(c5)c5ccccc5n5c7ccccc7c7ccc8c9c%10ccccc%10ccc9n6c8c75)cc4)n3)cc2)cc1. The van der Waals surface area contributed by atoms with Gasteiger partial charge in [0.1, 0.15) is 0 Å². The van der Waals surface area contributed by atoms with Gasteiger partial charge < -0.3 is 8.80 Å². The van der Waals surface area contributed by atoms with Crippen molar-refractivity contribution in [1.82, 2.24) is 23.8 Å². The van der Waals surface area contributed by atoms with Gasteiger partial charge in [0, 0.05) is 49.0 Å². The highest BCUT2D eigenvalue weighted by molar-refractivity contribution is 6.29. The van der Waals surface area contributed by atoms with E-state index >= 15 is 0 Å². The molecule has 5 heteroatoms. The number of hydrogen-bond acceptors (Lipinski definition) is 3. The molecule has 66 heavy (non-hydrogen) atoms. The molecule has 0 aliphatic carbocycles. The lowest BCUT2D eigenvalue weighted by Gasteiger charge is -2.13. The van der Waals surface area contributed by atoms with E-state index in [1.807, 2.05) is 36.4 Å². The molecule has 0 saturated carbocycles. The normalized spacial score (nSPS) is 11.9. The summed E-state index contributed by atoms with van der Waals surface area (Å²) in [6.45, 7) is 0. The van der Waals surface area contributed by atoms with Crippen molar-refractivity contribution in [3.63, 3.8) is 0 Å². The molecule has 14 rings (SSSR count). The van der Waals surface area contributed by atoms with E-state index in [4.69, 9.17) is 15.0 Å². The van der Waals surface area contributed by atoms with Crippen LogP contribution in [0.3, 0.4) is 0 Å². The maximum atomic E-state index is 5.09. The number of aromatic nitrogens is 5. The third kappa shape index (κ3) is 5.50. The van der Waals surface area contributed by atoms with Crippen LogP contribution in [-0.4, -0.2) is 23.8 Å². The summed E-state index contributed by atoms with van der Waals surface area (Å²) < 4.78 is 5.04. The fourth-order valence-electron chi connectivity index (χ4n) is 10.4. The summed E-state index contributed by atoms with van der Waals surface area (Å²) in [5, 5.41) is 9.89. The molecule has 0 bridgehead atoms. The Bertz CT molecular complexity index is 4250.